The van der Waals surface area contributed by atoms with Crippen molar-refractivity contribution in [1.82, 2.24) is 24.2 Å². The maximum Gasteiger partial charge on any atom is 0.264 e. The highest BCUT2D eigenvalue weighted by molar-refractivity contribution is 6.21. The van der Waals surface area contributed by atoms with Gasteiger partial charge in [-0.05, 0) is 84.9 Å². The summed E-state index contributed by atoms with van der Waals surface area (Å²) < 4.78 is 9.36. The van der Waals surface area contributed by atoms with E-state index in [1.54, 1.807) is 69.5 Å². The number of rotatable bonds is 6. The summed E-state index contributed by atoms with van der Waals surface area (Å²) >= 11 is 0. The Labute approximate surface area is 363 Å². The second kappa shape index (κ2) is 13.6. The molecule has 3 N–H and O–H groups in total. The van der Waals surface area contributed by atoms with E-state index in [-0.39, 0.29) is 34.0 Å². The molecule has 13 rings (SSSR count). The highest BCUT2D eigenvalue weighted by atomic mass is 16.5. The molecule has 0 fully saturated rings. The van der Waals surface area contributed by atoms with Gasteiger partial charge < -0.3 is 14.9 Å². The molecule has 0 amide bonds. The summed E-state index contributed by atoms with van der Waals surface area (Å²) in [6, 6.07) is 43.2. The average Bonchev–Trinajstić information content (AvgIpc) is 4.09. The number of benzene rings is 8. The van der Waals surface area contributed by atoms with Crippen LogP contribution in [-0.4, -0.2) is 34.9 Å². The molecule has 0 aliphatic carbocycles. The molecule has 4 aromatic heterocycles. The van der Waals surface area contributed by atoms with Gasteiger partial charge in [0.2, 0.25) is 12.1 Å². The van der Waals surface area contributed by atoms with E-state index in [0.29, 0.717) is 99.3 Å². The quantitative estimate of drug-likeness (QED) is 0.138. The Morgan fingerprint density at radius 1 is 0.523 bits per heavy atom. The van der Waals surface area contributed by atoms with Gasteiger partial charge in [-0.1, -0.05) is 60.7 Å². The Balaban J connectivity index is 0.730. The summed E-state index contributed by atoms with van der Waals surface area (Å²) in [5.74, 6) is 0.206. The molecule has 5 heterocycles. The van der Waals surface area contributed by atoms with Crippen LogP contribution in [0, 0.1) is 0 Å². The topological polar surface area (TPSA) is 192 Å². The van der Waals surface area contributed by atoms with E-state index < -0.39 is 6.23 Å². The van der Waals surface area contributed by atoms with Crippen LogP contribution in [0.5, 0.6) is 11.5 Å². The number of imidazole rings is 2. The van der Waals surface area contributed by atoms with Crippen LogP contribution < -0.4 is 16.5 Å². The number of pyridine rings is 2. The molecule has 308 valence electrons. The van der Waals surface area contributed by atoms with Crippen LogP contribution >= 0.6 is 0 Å². The molecular formula is C50H28N10O5. The average molecular weight is 849 g/mol. The summed E-state index contributed by atoms with van der Waals surface area (Å²) in [7, 11) is 0. The number of para-hydroxylation sites is 4. The normalized spacial score (nSPS) is 14.5. The van der Waals surface area contributed by atoms with Crippen molar-refractivity contribution in [3.63, 3.8) is 0 Å². The molecule has 0 radical (unpaired) electrons. The zero-order valence-corrected chi connectivity index (χ0v) is 33.6. The molecule has 15 heteroatoms. The first kappa shape index (κ1) is 36.3. The lowest BCUT2D eigenvalue weighted by Gasteiger charge is -2.12. The summed E-state index contributed by atoms with van der Waals surface area (Å²) in [6.45, 7) is 0. The van der Waals surface area contributed by atoms with Gasteiger partial charge in [-0.25, -0.2) is 9.97 Å². The molecule has 12 aromatic rings. The molecule has 1 aliphatic heterocycles. The minimum Gasteiger partial charge on any atom is -0.506 e. The fourth-order valence-corrected chi connectivity index (χ4v) is 9.05. The number of fused-ring (bicyclic) bond motifs is 8. The Morgan fingerprint density at radius 2 is 1.00 bits per heavy atom. The lowest BCUT2D eigenvalue weighted by atomic mass is 10.0. The summed E-state index contributed by atoms with van der Waals surface area (Å²) in [6.07, 6.45) is -0.569. The van der Waals surface area contributed by atoms with Crippen LogP contribution in [0.1, 0.15) is 17.4 Å². The third-order valence-electron chi connectivity index (χ3n) is 12.0. The standard InChI is InChI=1S/C50H28N10O5/c61-39-23-33-41-29(7-5-9-31(41)49(63)59-37-13-3-1-11-35(37)51-45(33)59)43(39)55-53-27-19-15-25(16-20-27)47-57-58-48(65-47)26-17-21-28(22-18-26)54-56-44-30-8-6-10-32-42(30)34(24-40(44)62)46-52-36-12-2-4-14-38(36)60(46)50(32)64/h1-24,47,57,61-62H. The van der Waals surface area contributed by atoms with Crippen LogP contribution in [0.2, 0.25) is 0 Å². The Morgan fingerprint density at radius 3 is 1.52 bits per heavy atom. The van der Waals surface area contributed by atoms with Crippen LogP contribution in [0.25, 0.3) is 76.5 Å². The Kier molecular flexibility index (Phi) is 7.57. The maximum atomic E-state index is 13.7. The van der Waals surface area contributed by atoms with Gasteiger partial charge >= 0.3 is 0 Å². The van der Waals surface area contributed by atoms with E-state index in [2.05, 4.69) is 31.0 Å². The van der Waals surface area contributed by atoms with Crippen LogP contribution in [0.4, 0.5) is 22.7 Å². The monoisotopic (exact) mass is 848 g/mol. The molecule has 1 aliphatic rings. The van der Waals surface area contributed by atoms with Gasteiger partial charge in [-0.3, -0.25) is 23.8 Å². The number of nitrogens with zero attached hydrogens (tertiary/aromatic N) is 9. The van der Waals surface area contributed by atoms with E-state index in [0.717, 1.165) is 5.56 Å². The molecule has 8 aromatic carbocycles. The number of ether oxygens (including phenoxy) is 1. The minimum atomic E-state index is -0.569. The molecule has 0 spiro atoms. The number of aromatic nitrogens is 4. The molecule has 0 saturated carbocycles. The highest BCUT2D eigenvalue weighted by Crippen LogP contribution is 2.44. The number of hydrogen-bond donors (Lipinski definition) is 3. The number of aromatic hydroxyl groups is 2. The first-order valence-corrected chi connectivity index (χ1v) is 20.5. The fourth-order valence-electron chi connectivity index (χ4n) is 9.05. The van der Waals surface area contributed by atoms with E-state index >= 15 is 0 Å². The molecule has 0 bridgehead atoms. The number of phenols is 2. The van der Waals surface area contributed by atoms with Crippen molar-refractivity contribution in [1.29, 1.82) is 0 Å². The van der Waals surface area contributed by atoms with Crippen LogP contribution in [-0.2, 0) is 4.74 Å². The number of hydrazone groups is 1. The molecule has 0 saturated heterocycles. The molecule has 65 heavy (non-hydrogen) atoms. The third kappa shape index (κ3) is 5.39. The van der Waals surface area contributed by atoms with Gasteiger partial charge in [-0.2, -0.15) is 10.2 Å². The summed E-state index contributed by atoms with van der Waals surface area (Å²) in [4.78, 5) is 37.0. The minimum absolute atomic E-state index is 0.0865. The van der Waals surface area contributed by atoms with Crippen LogP contribution in [0.15, 0.2) is 181 Å². The molecule has 15 nitrogen and oxygen atoms in total. The second-order valence-corrected chi connectivity index (χ2v) is 15.8. The van der Waals surface area contributed by atoms with Crippen molar-refractivity contribution in [3.8, 4) is 11.5 Å². The number of nitrogens with one attached hydrogen (secondary N) is 1. The number of hydrogen-bond acceptors (Lipinski definition) is 13. The van der Waals surface area contributed by atoms with Crippen molar-refractivity contribution >= 4 is 105 Å². The first-order valence-electron chi connectivity index (χ1n) is 20.5. The van der Waals surface area contributed by atoms with Gasteiger partial charge in [0, 0.05) is 54.2 Å². The van der Waals surface area contributed by atoms with Gasteiger partial charge in [0.25, 0.3) is 11.1 Å². The van der Waals surface area contributed by atoms with Gasteiger partial charge in [0.15, 0.2) is 0 Å². The Hall–Kier alpha value is -9.37. The Bertz CT molecular complexity index is 4200. The molecular weight excluding hydrogens is 821 g/mol. The maximum absolute atomic E-state index is 13.7. The predicted molar refractivity (Wildman–Crippen MR) is 248 cm³/mol. The molecule has 1 unspecified atom stereocenters. The lowest BCUT2D eigenvalue weighted by Crippen LogP contribution is -2.13. The van der Waals surface area contributed by atoms with Crippen molar-refractivity contribution in [3.05, 3.63) is 177 Å². The van der Waals surface area contributed by atoms with Crippen molar-refractivity contribution in [2.45, 2.75) is 6.23 Å². The van der Waals surface area contributed by atoms with E-state index in [4.69, 9.17) is 14.7 Å². The predicted octanol–water partition coefficient (Wildman–Crippen LogP) is 10.7. The largest absolute Gasteiger partial charge is 0.506 e. The summed E-state index contributed by atoms with van der Waals surface area (Å²) in [5.41, 5.74) is 9.38. The van der Waals surface area contributed by atoms with Crippen molar-refractivity contribution in [2.24, 2.45) is 25.6 Å². The highest BCUT2D eigenvalue weighted by Gasteiger charge is 2.24. The zero-order valence-electron chi connectivity index (χ0n) is 33.6. The van der Waals surface area contributed by atoms with Gasteiger partial charge in [0.05, 0.1) is 33.4 Å². The first-order chi connectivity index (χ1) is 31.9. The van der Waals surface area contributed by atoms with E-state index in [9.17, 15) is 19.8 Å². The van der Waals surface area contributed by atoms with Crippen LogP contribution in [0.3, 0.4) is 0 Å². The fraction of sp³-hybridized carbons (Fsp3) is 0.0200. The van der Waals surface area contributed by atoms with E-state index in [1.165, 1.54) is 0 Å². The van der Waals surface area contributed by atoms with Gasteiger partial charge in [-0.15, -0.1) is 15.3 Å². The van der Waals surface area contributed by atoms with Crippen molar-refractivity contribution < 1.29 is 14.9 Å². The third-order valence-corrected chi connectivity index (χ3v) is 12.0. The lowest BCUT2D eigenvalue weighted by molar-refractivity contribution is 0.192. The molecule has 1 atom stereocenters. The smallest absolute Gasteiger partial charge is 0.264 e. The second-order valence-electron chi connectivity index (χ2n) is 15.8. The number of azo groups is 2. The summed E-state index contributed by atoms with van der Waals surface area (Å²) in [5, 5.41) is 49.5. The SMILES string of the molecule is O=c1c2cccc3c(N=Nc4ccc(C5=NNC(c6ccc(N=Nc7c(O)cc8c9c7cccc9c(=O)n7c9ccccc9nc87)cc6)O5)cc4)c(O)cc(c32)c2nc3ccccc3n12. The van der Waals surface area contributed by atoms with Crippen molar-refractivity contribution in [2.75, 3.05) is 0 Å². The number of phenolic OH excluding ortho intramolecular Hbond substituents is 2. The zero-order chi connectivity index (χ0) is 43.5. The van der Waals surface area contributed by atoms with E-state index in [1.807, 2.05) is 84.9 Å². The van der Waals surface area contributed by atoms with Gasteiger partial charge in [0.1, 0.15) is 34.2 Å².